The second-order valence-electron chi connectivity index (χ2n) is 7.55. The molecule has 2 heteroatoms. The van der Waals surface area contributed by atoms with E-state index in [1.54, 1.807) is 6.42 Å². The van der Waals surface area contributed by atoms with Crippen molar-refractivity contribution < 1.29 is 18.9 Å². The molecule has 0 aliphatic heterocycles. The Balaban J connectivity index is 0.00000132. The number of rotatable bonds is 4. The molecule has 4 aliphatic rings. The molecular formula is C19H26LiN. The summed E-state index contributed by atoms with van der Waals surface area (Å²) in [5.74, 6) is 5.10. The van der Waals surface area contributed by atoms with Crippen LogP contribution in [0.5, 0.6) is 0 Å². The molecule has 0 spiro atoms. The molecule has 0 unspecified atom stereocenters. The molecule has 1 nitrogen and oxygen atoms in total. The summed E-state index contributed by atoms with van der Waals surface area (Å²) in [7, 11) is 0. The largest absolute Gasteiger partial charge is 1.00 e. The molecule has 4 fully saturated rings. The second kappa shape index (κ2) is 6.49. The molecule has 0 aromatic heterocycles. The van der Waals surface area contributed by atoms with E-state index in [1.165, 1.54) is 31.2 Å². The average Bonchev–Trinajstić information content (AvgIpc) is 2.46. The van der Waals surface area contributed by atoms with Gasteiger partial charge in [0.1, 0.15) is 0 Å². The Morgan fingerprint density at radius 1 is 0.952 bits per heavy atom. The average molecular weight is 275 g/mol. The van der Waals surface area contributed by atoms with Gasteiger partial charge in [0.25, 0.3) is 0 Å². The first-order chi connectivity index (χ1) is 9.79. The summed E-state index contributed by atoms with van der Waals surface area (Å²) in [5, 5.41) is 5.04. The minimum atomic E-state index is 0. The Labute approximate surface area is 141 Å². The quantitative estimate of drug-likeness (QED) is 0.748. The molecule has 0 radical (unpaired) electrons. The number of hydrogen-bond acceptors (Lipinski definition) is 0. The van der Waals surface area contributed by atoms with Crippen LogP contribution >= 0.6 is 0 Å². The topological polar surface area (TPSA) is 14.1 Å². The summed E-state index contributed by atoms with van der Waals surface area (Å²) in [6, 6.07) is 11.1. The summed E-state index contributed by atoms with van der Waals surface area (Å²) in [6.45, 7) is 3.37. The Morgan fingerprint density at radius 3 is 2.10 bits per heavy atom. The van der Waals surface area contributed by atoms with Gasteiger partial charge in [-0.15, -0.1) is 12.6 Å². The second-order valence-corrected chi connectivity index (χ2v) is 7.55. The van der Waals surface area contributed by atoms with E-state index in [4.69, 9.17) is 5.32 Å². The van der Waals surface area contributed by atoms with Crippen LogP contribution in [-0.4, -0.2) is 6.54 Å². The third-order valence-electron chi connectivity index (χ3n) is 6.29. The molecule has 1 aromatic rings. The summed E-state index contributed by atoms with van der Waals surface area (Å²) in [4.78, 5) is 0. The Morgan fingerprint density at radius 2 is 1.52 bits per heavy atom. The summed E-state index contributed by atoms with van der Waals surface area (Å²) in [5.41, 5.74) is 1.37. The molecule has 0 amide bonds. The fourth-order valence-corrected chi connectivity index (χ4v) is 5.45. The maximum Gasteiger partial charge on any atom is 1.00 e. The van der Waals surface area contributed by atoms with Crippen molar-refractivity contribution in [2.45, 2.75) is 45.1 Å². The van der Waals surface area contributed by atoms with E-state index >= 15 is 0 Å². The predicted octanol–water partition coefficient (Wildman–Crippen LogP) is 2.20. The summed E-state index contributed by atoms with van der Waals surface area (Å²) >= 11 is 0. The van der Waals surface area contributed by atoms with Gasteiger partial charge in [-0.3, -0.25) is 0 Å². The smallest absolute Gasteiger partial charge is 0.656 e. The fourth-order valence-electron chi connectivity index (χ4n) is 5.45. The van der Waals surface area contributed by atoms with Crippen molar-refractivity contribution in [2.24, 2.45) is 29.6 Å². The van der Waals surface area contributed by atoms with Crippen molar-refractivity contribution in [3.8, 4) is 0 Å². The van der Waals surface area contributed by atoms with Gasteiger partial charge in [0.15, 0.2) is 0 Å². The van der Waals surface area contributed by atoms with Crippen molar-refractivity contribution in [1.82, 2.24) is 0 Å². The van der Waals surface area contributed by atoms with Gasteiger partial charge in [-0.05, 0) is 55.8 Å². The van der Waals surface area contributed by atoms with Gasteiger partial charge in [0, 0.05) is 0 Å². The zero-order valence-corrected chi connectivity index (χ0v) is 13.5. The molecule has 4 saturated carbocycles. The summed E-state index contributed by atoms with van der Waals surface area (Å²) in [6.07, 6.45) is 7.64. The Kier molecular flexibility index (Phi) is 4.84. The predicted molar refractivity (Wildman–Crippen MR) is 83.6 cm³/mol. The van der Waals surface area contributed by atoms with E-state index in [0.29, 0.717) is 6.04 Å². The standard InChI is InChI=1S/C19H26N.Li/c1-13(16-5-3-2-4-6-16)20-12-19-17-8-14-7-15(10-17)11-18(19)9-14;/h2-6,13-15,17-19H,7-12H2,1H3;/q-1;+1/t13-,14?,15?,17?,18?,19?;/m1./s1. The van der Waals surface area contributed by atoms with Gasteiger partial charge in [0.05, 0.1) is 0 Å². The number of nitrogens with zero attached hydrogens (tertiary/aromatic N) is 1. The van der Waals surface area contributed by atoms with Crippen LogP contribution < -0.4 is 18.9 Å². The normalized spacial score (nSPS) is 38.0. The maximum atomic E-state index is 5.04. The van der Waals surface area contributed by atoms with Crippen LogP contribution in [0.2, 0.25) is 0 Å². The van der Waals surface area contributed by atoms with Crippen LogP contribution in [0.25, 0.3) is 5.32 Å². The first-order valence-electron chi connectivity index (χ1n) is 8.51. The molecular weight excluding hydrogens is 249 g/mol. The molecule has 0 saturated heterocycles. The molecule has 21 heavy (non-hydrogen) atoms. The van der Waals surface area contributed by atoms with Crippen molar-refractivity contribution in [3.05, 3.63) is 41.2 Å². The summed E-state index contributed by atoms with van der Waals surface area (Å²) < 4.78 is 0. The third-order valence-corrected chi connectivity index (χ3v) is 6.29. The van der Waals surface area contributed by atoms with Gasteiger partial charge in [0.2, 0.25) is 0 Å². The van der Waals surface area contributed by atoms with Crippen molar-refractivity contribution in [1.29, 1.82) is 0 Å². The molecule has 0 heterocycles. The maximum absolute atomic E-state index is 5.04. The molecule has 0 N–H and O–H groups in total. The number of benzene rings is 1. The van der Waals surface area contributed by atoms with Gasteiger partial charge >= 0.3 is 18.9 Å². The van der Waals surface area contributed by atoms with Gasteiger partial charge in [-0.2, -0.15) is 0 Å². The van der Waals surface area contributed by atoms with Crippen LogP contribution in [0.15, 0.2) is 30.3 Å². The van der Waals surface area contributed by atoms with Gasteiger partial charge in [-0.25, -0.2) is 0 Å². The van der Waals surface area contributed by atoms with E-state index in [2.05, 4.69) is 37.3 Å². The fraction of sp³-hybridized carbons (Fsp3) is 0.684. The van der Waals surface area contributed by atoms with Crippen LogP contribution in [0.4, 0.5) is 0 Å². The van der Waals surface area contributed by atoms with Crippen molar-refractivity contribution in [2.75, 3.05) is 6.54 Å². The Bertz CT molecular complexity index is 430. The number of hydrogen-bond donors (Lipinski definition) is 0. The monoisotopic (exact) mass is 275 g/mol. The molecule has 4 aliphatic carbocycles. The first-order valence-corrected chi connectivity index (χ1v) is 8.51. The first kappa shape index (κ1) is 15.7. The molecule has 108 valence electrons. The molecule has 1 aromatic carbocycles. The van der Waals surface area contributed by atoms with E-state index in [1.807, 2.05) is 0 Å². The molecule has 1 atom stereocenters. The Hall–Kier alpha value is -0.223. The van der Waals surface area contributed by atoms with Crippen LogP contribution in [-0.2, 0) is 0 Å². The SMILES string of the molecule is C[C@@H]([N-]CC1C2CC3CC(C2)CC1C3)c1ccccc1.[Li+]. The minimum absolute atomic E-state index is 0. The zero-order valence-electron chi connectivity index (χ0n) is 13.5. The van der Waals surface area contributed by atoms with Gasteiger partial charge < -0.3 is 5.32 Å². The minimum Gasteiger partial charge on any atom is -0.656 e. The third kappa shape index (κ3) is 3.12. The van der Waals surface area contributed by atoms with Crippen LogP contribution in [0, 0.1) is 29.6 Å². The van der Waals surface area contributed by atoms with E-state index < -0.39 is 0 Å². The van der Waals surface area contributed by atoms with E-state index in [0.717, 1.165) is 36.1 Å². The van der Waals surface area contributed by atoms with Crippen molar-refractivity contribution >= 4 is 0 Å². The van der Waals surface area contributed by atoms with Crippen LogP contribution in [0.3, 0.4) is 0 Å². The van der Waals surface area contributed by atoms with Crippen LogP contribution in [0.1, 0.15) is 50.6 Å². The van der Waals surface area contributed by atoms with E-state index in [9.17, 15) is 0 Å². The van der Waals surface area contributed by atoms with E-state index in [-0.39, 0.29) is 18.9 Å². The zero-order chi connectivity index (χ0) is 13.5. The van der Waals surface area contributed by atoms with Crippen molar-refractivity contribution in [3.63, 3.8) is 0 Å². The van der Waals surface area contributed by atoms with Gasteiger partial charge in [-0.1, -0.05) is 48.7 Å². The molecule has 4 bridgehead atoms. The molecule has 5 rings (SSSR count).